The van der Waals surface area contributed by atoms with Crippen LogP contribution in [0.15, 0.2) is 48.6 Å². The molecular weight excluding hydrogens is 774 g/mol. The Bertz CT molecular complexity index is 1160. The number of likely N-dealkylation sites (N-methyl/N-ethyl adjacent to an activating group) is 1. The van der Waals surface area contributed by atoms with Crippen molar-refractivity contribution >= 4 is 19.8 Å². The van der Waals surface area contributed by atoms with Gasteiger partial charge in [0.05, 0.1) is 27.7 Å². The summed E-state index contributed by atoms with van der Waals surface area (Å²) in [5.41, 5.74) is 0. The number of hydrogen-bond acceptors (Lipinski definition) is 8. The SMILES string of the molecule is CCCCC/C=C\C/C=C\C/C=C\CCCCCCC(=O)OC[C@H](COP(=O)([O-])OCC[N+](C)(C)C)OC(=O)CCCCCCCCCCC/C=C\CCCCCCCC. The van der Waals surface area contributed by atoms with Crippen LogP contribution < -0.4 is 4.89 Å². The second-order valence-electron chi connectivity index (χ2n) is 17.5. The number of allylic oxidation sites excluding steroid dienone is 8. The van der Waals surface area contributed by atoms with Gasteiger partial charge in [-0.2, -0.15) is 0 Å². The number of esters is 2. The number of carbonyl (C=O) groups excluding carboxylic acids is 2. The zero-order valence-corrected chi connectivity index (χ0v) is 40.3. The second kappa shape index (κ2) is 42.3. The summed E-state index contributed by atoms with van der Waals surface area (Å²) in [6, 6.07) is 0. The van der Waals surface area contributed by atoms with Crippen LogP contribution in [0, 0.1) is 0 Å². The average molecular weight is 866 g/mol. The van der Waals surface area contributed by atoms with Crippen LogP contribution >= 0.6 is 7.82 Å². The minimum atomic E-state index is -4.63. The number of phosphoric acid groups is 1. The summed E-state index contributed by atoms with van der Waals surface area (Å²) in [7, 11) is 1.15. The van der Waals surface area contributed by atoms with Gasteiger partial charge >= 0.3 is 11.9 Å². The van der Waals surface area contributed by atoms with Crippen LogP contribution in [0.1, 0.15) is 206 Å². The smallest absolute Gasteiger partial charge is 0.306 e. The molecular formula is C50H92NO8P. The molecule has 0 rings (SSSR count). The van der Waals surface area contributed by atoms with E-state index in [4.69, 9.17) is 18.5 Å². The summed E-state index contributed by atoms with van der Waals surface area (Å²) in [4.78, 5) is 37.6. The number of rotatable bonds is 44. The highest BCUT2D eigenvalue weighted by molar-refractivity contribution is 7.45. The first-order valence-corrected chi connectivity index (χ1v) is 25.8. The van der Waals surface area contributed by atoms with E-state index in [1.165, 1.54) is 109 Å². The van der Waals surface area contributed by atoms with E-state index in [2.05, 4.69) is 62.5 Å². The molecule has 0 aromatic rings. The van der Waals surface area contributed by atoms with Gasteiger partial charge in [0.1, 0.15) is 19.8 Å². The zero-order valence-electron chi connectivity index (χ0n) is 39.4. The van der Waals surface area contributed by atoms with Crippen LogP contribution in [-0.4, -0.2) is 70.0 Å². The number of quaternary nitrogens is 1. The van der Waals surface area contributed by atoms with Crippen molar-refractivity contribution in [3.05, 3.63) is 48.6 Å². The molecule has 0 spiro atoms. The zero-order chi connectivity index (χ0) is 44.3. The summed E-state index contributed by atoms with van der Waals surface area (Å²) in [5, 5.41) is 0. The predicted molar refractivity (Wildman–Crippen MR) is 250 cm³/mol. The average Bonchev–Trinajstić information content (AvgIpc) is 3.20. The molecule has 0 aromatic heterocycles. The van der Waals surface area contributed by atoms with Gasteiger partial charge in [-0.15, -0.1) is 0 Å². The van der Waals surface area contributed by atoms with Gasteiger partial charge in [-0.3, -0.25) is 14.2 Å². The molecule has 0 fully saturated rings. The number of nitrogens with zero attached hydrogens (tertiary/aromatic N) is 1. The largest absolute Gasteiger partial charge is 0.756 e. The Morgan fingerprint density at radius 2 is 0.900 bits per heavy atom. The van der Waals surface area contributed by atoms with Gasteiger partial charge in [0.25, 0.3) is 7.82 Å². The summed E-state index contributed by atoms with van der Waals surface area (Å²) in [6.45, 7) is 4.18. The molecule has 0 heterocycles. The Labute approximate surface area is 369 Å². The van der Waals surface area contributed by atoms with Crippen molar-refractivity contribution in [3.8, 4) is 0 Å². The summed E-state index contributed by atoms with van der Waals surface area (Å²) < 4.78 is 34.0. The molecule has 10 heteroatoms. The number of ether oxygens (including phenoxy) is 2. The van der Waals surface area contributed by atoms with Crippen molar-refractivity contribution < 1.29 is 42.1 Å². The van der Waals surface area contributed by atoms with Crippen molar-refractivity contribution in [2.75, 3.05) is 47.5 Å². The molecule has 60 heavy (non-hydrogen) atoms. The van der Waals surface area contributed by atoms with E-state index in [1.807, 2.05) is 21.1 Å². The van der Waals surface area contributed by atoms with E-state index in [0.29, 0.717) is 23.9 Å². The topological polar surface area (TPSA) is 111 Å². The molecule has 9 nitrogen and oxygen atoms in total. The molecule has 1 unspecified atom stereocenters. The van der Waals surface area contributed by atoms with E-state index < -0.39 is 32.5 Å². The third-order valence-electron chi connectivity index (χ3n) is 10.3. The summed E-state index contributed by atoms with van der Waals surface area (Å²) in [6.07, 6.45) is 49.9. The lowest BCUT2D eigenvalue weighted by Gasteiger charge is -2.28. The fourth-order valence-electron chi connectivity index (χ4n) is 6.48. The van der Waals surface area contributed by atoms with Crippen molar-refractivity contribution in [1.82, 2.24) is 0 Å². The first kappa shape index (κ1) is 58.0. The lowest BCUT2D eigenvalue weighted by Crippen LogP contribution is -2.37. The first-order valence-electron chi connectivity index (χ1n) is 24.3. The van der Waals surface area contributed by atoms with E-state index in [0.717, 1.165) is 57.8 Å². The maximum atomic E-state index is 12.7. The van der Waals surface area contributed by atoms with Crippen molar-refractivity contribution in [2.45, 2.75) is 213 Å². The molecule has 0 saturated heterocycles. The highest BCUT2D eigenvalue weighted by atomic mass is 31.2. The molecule has 0 N–H and O–H groups in total. The number of carbonyl (C=O) groups is 2. The lowest BCUT2D eigenvalue weighted by atomic mass is 10.1. The van der Waals surface area contributed by atoms with Crippen LogP contribution in [0.5, 0.6) is 0 Å². The molecule has 0 aliphatic rings. The molecule has 0 amide bonds. The first-order chi connectivity index (χ1) is 29.0. The van der Waals surface area contributed by atoms with Gasteiger partial charge in [0.2, 0.25) is 0 Å². The maximum Gasteiger partial charge on any atom is 0.306 e. The minimum Gasteiger partial charge on any atom is -0.756 e. The van der Waals surface area contributed by atoms with Crippen molar-refractivity contribution in [3.63, 3.8) is 0 Å². The van der Waals surface area contributed by atoms with Crippen molar-refractivity contribution in [1.29, 1.82) is 0 Å². The molecule has 0 bridgehead atoms. The van der Waals surface area contributed by atoms with Crippen LogP contribution in [0.25, 0.3) is 0 Å². The third kappa shape index (κ3) is 45.5. The lowest BCUT2D eigenvalue weighted by molar-refractivity contribution is -0.870. The Morgan fingerprint density at radius 1 is 0.517 bits per heavy atom. The van der Waals surface area contributed by atoms with E-state index >= 15 is 0 Å². The number of hydrogen-bond donors (Lipinski definition) is 0. The van der Waals surface area contributed by atoms with Gasteiger partial charge in [-0.1, -0.05) is 165 Å². The molecule has 2 atom stereocenters. The van der Waals surface area contributed by atoms with Crippen LogP contribution in [-0.2, 0) is 32.7 Å². The molecule has 0 aliphatic carbocycles. The molecule has 0 aliphatic heterocycles. The van der Waals surface area contributed by atoms with Gasteiger partial charge in [0.15, 0.2) is 6.10 Å². The molecule has 0 aromatic carbocycles. The summed E-state index contributed by atoms with van der Waals surface area (Å²) >= 11 is 0. The van der Waals surface area contributed by atoms with E-state index in [-0.39, 0.29) is 26.1 Å². The predicted octanol–water partition coefficient (Wildman–Crippen LogP) is 13.6. The normalized spacial score (nSPS) is 13.9. The minimum absolute atomic E-state index is 0.0360. The Morgan fingerprint density at radius 3 is 1.38 bits per heavy atom. The monoisotopic (exact) mass is 866 g/mol. The Balaban J connectivity index is 4.33. The Kier molecular flexibility index (Phi) is 40.8. The van der Waals surface area contributed by atoms with Gasteiger partial charge < -0.3 is 27.9 Å². The molecule has 350 valence electrons. The standard InChI is InChI=1S/C50H92NO8P/c1-6-8-10-12-14-16-18-20-22-24-25-27-29-31-33-35-37-39-41-43-50(53)59-48(47-58-60(54,55)57-45-44-51(3,4)5)46-56-49(52)42-40-38-36-34-32-30-28-26-23-21-19-17-15-13-11-9-7-2/h15,17,20-23,28,30,48H,6-14,16,18-19,24-27,29,31-47H2,1-5H3/b17-15-,22-20-,23-21-,30-28-/t48-/m1/s1. The van der Waals surface area contributed by atoms with Crippen LogP contribution in [0.2, 0.25) is 0 Å². The third-order valence-corrected chi connectivity index (χ3v) is 11.3. The second-order valence-corrected chi connectivity index (χ2v) is 18.9. The highest BCUT2D eigenvalue weighted by Crippen LogP contribution is 2.38. The quantitative estimate of drug-likeness (QED) is 0.0196. The van der Waals surface area contributed by atoms with Crippen LogP contribution in [0.4, 0.5) is 0 Å². The van der Waals surface area contributed by atoms with Gasteiger partial charge in [-0.25, -0.2) is 0 Å². The number of unbranched alkanes of at least 4 members (excludes halogenated alkanes) is 22. The fraction of sp³-hybridized carbons (Fsp3) is 0.800. The summed E-state index contributed by atoms with van der Waals surface area (Å²) in [5.74, 6) is -0.860. The molecule has 0 radical (unpaired) electrons. The van der Waals surface area contributed by atoms with Crippen LogP contribution in [0.3, 0.4) is 0 Å². The van der Waals surface area contributed by atoms with Crippen molar-refractivity contribution in [2.24, 2.45) is 0 Å². The fourth-order valence-corrected chi connectivity index (χ4v) is 7.21. The van der Waals surface area contributed by atoms with E-state index in [1.54, 1.807) is 0 Å². The maximum absolute atomic E-state index is 12.7. The van der Waals surface area contributed by atoms with E-state index in [9.17, 15) is 19.0 Å². The molecule has 0 saturated carbocycles. The Hall–Kier alpha value is -2.03. The van der Waals surface area contributed by atoms with Gasteiger partial charge in [-0.05, 0) is 77.0 Å². The highest BCUT2D eigenvalue weighted by Gasteiger charge is 2.21. The number of phosphoric ester groups is 1. The van der Waals surface area contributed by atoms with Gasteiger partial charge in [0, 0.05) is 12.8 Å².